The van der Waals surface area contributed by atoms with Gasteiger partial charge in [-0.25, -0.2) is 21.9 Å². The molecule has 1 aromatic carbocycles. The molecule has 1 aromatic rings. The van der Waals surface area contributed by atoms with E-state index in [1.54, 1.807) is 0 Å². The Balaban J connectivity index is 0.00000288. The minimum Gasteiger partial charge on any atom is -0.488 e. The molecule has 1 aliphatic carbocycles. The van der Waals surface area contributed by atoms with Gasteiger partial charge in [0.1, 0.15) is 12.4 Å². The summed E-state index contributed by atoms with van der Waals surface area (Å²) in [5.41, 5.74) is 5.72. The highest BCUT2D eigenvalue weighted by Gasteiger charge is 2.28. The molecule has 0 saturated heterocycles. The van der Waals surface area contributed by atoms with E-state index in [4.69, 9.17) is 10.5 Å². The van der Waals surface area contributed by atoms with Gasteiger partial charge in [-0.15, -0.1) is 12.4 Å². The van der Waals surface area contributed by atoms with Gasteiger partial charge in [-0.2, -0.15) is 0 Å². The quantitative estimate of drug-likeness (QED) is 0.757. The lowest BCUT2D eigenvalue weighted by Crippen LogP contribution is -2.44. The smallest absolute Gasteiger partial charge is 0.272 e. The fourth-order valence-electron chi connectivity index (χ4n) is 2.79. The molecular formula is C15H23ClF2N2O3S. The highest BCUT2D eigenvalue weighted by molar-refractivity contribution is 7.89. The van der Waals surface area contributed by atoms with Crippen LogP contribution in [0.4, 0.5) is 8.78 Å². The van der Waals surface area contributed by atoms with Crippen molar-refractivity contribution in [2.45, 2.75) is 43.0 Å². The molecule has 0 bridgehead atoms. The Morgan fingerprint density at radius 1 is 1.21 bits per heavy atom. The van der Waals surface area contributed by atoms with Crippen molar-refractivity contribution in [2.75, 3.05) is 13.2 Å². The number of alkyl halides is 2. The van der Waals surface area contributed by atoms with Gasteiger partial charge in [0.25, 0.3) is 6.43 Å². The first-order valence-electron chi connectivity index (χ1n) is 7.66. The van der Waals surface area contributed by atoms with Gasteiger partial charge in [0, 0.05) is 6.04 Å². The van der Waals surface area contributed by atoms with Crippen LogP contribution in [0.5, 0.6) is 5.75 Å². The molecule has 24 heavy (non-hydrogen) atoms. The van der Waals surface area contributed by atoms with Gasteiger partial charge in [0.05, 0.1) is 4.90 Å². The Labute approximate surface area is 147 Å². The van der Waals surface area contributed by atoms with Crippen LogP contribution in [-0.4, -0.2) is 34.0 Å². The van der Waals surface area contributed by atoms with Crippen LogP contribution in [-0.2, 0) is 10.0 Å². The van der Waals surface area contributed by atoms with Crippen molar-refractivity contribution >= 4 is 22.4 Å². The summed E-state index contributed by atoms with van der Waals surface area (Å²) in [4.78, 5) is 0.0863. The molecule has 1 fully saturated rings. The summed E-state index contributed by atoms with van der Waals surface area (Å²) >= 11 is 0. The number of benzene rings is 1. The Bertz CT molecular complexity index is 599. The maximum Gasteiger partial charge on any atom is 0.272 e. The van der Waals surface area contributed by atoms with E-state index in [1.807, 2.05) is 0 Å². The average molecular weight is 385 g/mol. The summed E-state index contributed by atoms with van der Waals surface area (Å²) < 4.78 is 56.6. The van der Waals surface area contributed by atoms with E-state index in [9.17, 15) is 17.2 Å². The highest BCUT2D eigenvalue weighted by atomic mass is 35.5. The normalized spacial score (nSPS) is 21.3. The van der Waals surface area contributed by atoms with Crippen LogP contribution in [0.15, 0.2) is 29.2 Å². The second-order valence-corrected chi connectivity index (χ2v) is 7.40. The molecule has 9 heteroatoms. The predicted molar refractivity (Wildman–Crippen MR) is 90.3 cm³/mol. The predicted octanol–water partition coefficient (Wildman–Crippen LogP) is 2.55. The van der Waals surface area contributed by atoms with Crippen molar-refractivity contribution in [3.05, 3.63) is 24.3 Å². The van der Waals surface area contributed by atoms with Crippen molar-refractivity contribution < 1.29 is 21.9 Å². The van der Waals surface area contributed by atoms with Gasteiger partial charge in [-0.1, -0.05) is 12.8 Å². The third-order valence-corrected chi connectivity index (χ3v) is 5.53. The Morgan fingerprint density at radius 3 is 2.42 bits per heavy atom. The van der Waals surface area contributed by atoms with Crippen LogP contribution in [0.2, 0.25) is 0 Å². The standard InChI is InChI=1S/C15H22F2N2O3S.ClH/c16-15(17)10-22-12-5-7-13(8-6-12)23(20,21)19-14-4-2-1-3-11(14)9-18;/h5-8,11,14-15,19H,1-4,9-10,18H2;1H. The first-order chi connectivity index (χ1) is 10.9. The third-order valence-electron chi connectivity index (χ3n) is 4.03. The zero-order valence-corrected chi connectivity index (χ0v) is 14.8. The number of nitrogens with two attached hydrogens (primary N) is 1. The van der Waals surface area contributed by atoms with Gasteiger partial charge in [-0.3, -0.25) is 0 Å². The zero-order valence-electron chi connectivity index (χ0n) is 13.2. The van der Waals surface area contributed by atoms with Crippen LogP contribution in [0, 0.1) is 5.92 Å². The van der Waals surface area contributed by atoms with E-state index < -0.39 is 23.1 Å². The topological polar surface area (TPSA) is 81.4 Å². The molecule has 2 atom stereocenters. The van der Waals surface area contributed by atoms with Gasteiger partial charge in [0.2, 0.25) is 10.0 Å². The van der Waals surface area contributed by atoms with Gasteiger partial charge < -0.3 is 10.5 Å². The number of ether oxygens (including phenoxy) is 1. The fourth-order valence-corrected chi connectivity index (χ4v) is 4.13. The van der Waals surface area contributed by atoms with Crippen molar-refractivity contribution in [2.24, 2.45) is 11.7 Å². The molecule has 0 amide bonds. The monoisotopic (exact) mass is 384 g/mol. The maximum absolute atomic E-state index is 12.4. The Hall–Kier alpha value is -0.960. The summed E-state index contributed by atoms with van der Waals surface area (Å²) in [5, 5.41) is 0. The largest absolute Gasteiger partial charge is 0.488 e. The van der Waals surface area contributed by atoms with Crippen LogP contribution in [0.3, 0.4) is 0 Å². The molecule has 1 aliphatic rings. The van der Waals surface area contributed by atoms with Crippen LogP contribution < -0.4 is 15.2 Å². The van der Waals surface area contributed by atoms with Gasteiger partial charge in [-0.05, 0) is 49.6 Å². The second-order valence-electron chi connectivity index (χ2n) is 5.68. The molecule has 2 unspecified atom stereocenters. The molecule has 138 valence electrons. The Kier molecular flexibility index (Phi) is 8.35. The van der Waals surface area contributed by atoms with Crippen molar-refractivity contribution in [1.29, 1.82) is 0 Å². The summed E-state index contributed by atoms with van der Waals surface area (Å²) in [7, 11) is -3.66. The lowest BCUT2D eigenvalue weighted by molar-refractivity contribution is 0.0819. The summed E-state index contributed by atoms with van der Waals surface area (Å²) in [5.74, 6) is 0.355. The van der Waals surface area contributed by atoms with E-state index in [1.165, 1.54) is 24.3 Å². The maximum atomic E-state index is 12.4. The molecule has 0 spiro atoms. The first kappa shape index (κ1) is 21.1. The molecule has 2 rings (SSSR count). The number of halogens is 3. The molecule has 1 saturated carbocycles. The lowest BCUT2D eigenvalue weighted by Gasteiger charge is -2.31. The van der Waals surface area contributed by atoms with Crippen molar-refractivity contribution in [3.8, 4) is 5.75 Å². The SMILES string of the molecule is Cl.NCC1CCCCC1NS(=O)(=O)c1ccc(OCC(F)F)cc1. The van der Waals surface area contributed by atoms with E-state index >= 15 is 0 Å². The zero-order chi connectivity index (χ0) is 16.9. The summed E-state index contributed by atoms with van der Waals surface area (Å²) in [6.45, 7) is -0.266. The fraction of sp³-hybridized carbons (Fsp3) is 0.600. The van der Waals surface area contributed by atoms with Crippen LogP contribution in [0.1, 0.15) is 25.7 Å². The van der Waals surface area contributed by atoms with E-state index in [-0.39, 0.29) is 35.0 Å². The van der Waals surface area contributed by atoms with Crippen LogP contribution >= 0.6 is 12.4 Å². The minimum absolute atomic E-state index is 0. The number of hydrogen-bond acceptors (Lipinski definition) is 4. The summed E-state index contributed by atoms with van der Waals surface area (Å²) in [6.07, 6.45) is 1.17. The number of hydrogen-bond donors (Lipinski definition) is 2. The van der Waals surface area contributed by atoms with Crippen molar-refractivity contribution in [1.82, 2.24) is 4.72 Å². The number of sulfonamides is 1. The number of rotatable bonds is 7. The molecule has 3 N–H and O–H groups in total. The van der Waals surface area contributed by atoms with Crippen molar-refractivity contribution in [3.63, 3.8) is 0 Å². The van der Waals surface area contributed by atoms with Gasteiger partial charge in [0.15, 0.2) is 0 Å². The molecule has 0 heterocycles. The third kappa shape index (κ3) is 5.84. The molecular weight excluding hydrogens is 362 g/mol. The first-order valence-corrected chi connectivity index (χ1v) is 9.14. The van der Waals surface area contributed by atoms with Gasteiger partial charge >= 0.3 is 0 Å². The lowest BCUT2D eigenvalue weighted by atomic mass is 9.85. The van der Waals surface area contributed by atoms with E-state index in [2.05, 4.69) is 4.72 Å². The molecule has 0 radical (unpaired) electrons. The average Bonchev–Trinajstić information content (AvgIpc) is 2.53. The molecule has 0 aromatic heterocycles. The van der Waals surface area contributed by atoms with E-state index in [0.29, 0.717) is 6.54 Å². The highest BCUT2D eigenvalue weighted by Crippen LogP contribution is 2.25. The molecule has 0 aliphatic heterocycles. The van der Waals surface area contributed by atoms with E-state index in [0.717, 1.165) is 25.7 Å². The van der Waals surface area contributed by atoms with Crippen LogP contribution in [0.25, 0.3) is 0 Å². The molecule has 5 nitrogen and oxygen atoms in total. The Morgan fingerprint density at radius 2 is 1.83 bits per heavy atom. The summed E-state index contributed by atoms with van der Waals surface area (Å²) in [6, 6.07) is 5.29. The number of nitrogens with one attached hydrogen (secondary N) is 1. The second kappa shape index (κ2) is 9.50. The minimum atomic E-state index is -3.66.